The number of nitrogens with zero attached hydrogens (tertiary/aromatic N) is 1. The van der Waals surface area contributed by atoms with Crippen molar-refractivity contribution in [2.75, 3.05) is 38.6 Å². The summed E-state index contributed by atoms with van der Waals surface area (Å²) in [5.41, 5.74) is 9.09. The highest BCUT2D eigenvalue weighted by Gasteiger charge is 2.60. The molecule has 0 aromatic heterocycles. The number of nitrogen functional groups attached to an aromatic ring is 1. The van der Waals surface area contributed by atoms with E-state index in [2.05, 4.69) is 11.0 Å². The van der Waals surface area contributed by atoms with E-state index in [0.717, 1.165) is 56.9 Å². The van der Waals surface area contributed by atoms with E-state index in [4.69, 9.17) is 20.6 Å². The largest absolute Gasteiger partial charge is 0.398 e. The van der Waals surface area contributed by atoms with Gasteiger partial charge in [-0.2, -0.15) is 0 Å². The third-order valence-corrected chi connectivity index (χ3v) is 6.79. The van der Waals surface area contributed by atoms with E-state index in [1.807, 2.05) is 12.1 Å². The first-order chi connectivity index (χ1) is 12.1. The number of nitrogens with two attached hydrogens (primary N) is 1. The molecule has 5 nitrogen and oxygen atoms in total. The van der Waals surface area contributed by atoms with Crippen LogP contribution in [-0.2, 0) is 16.0 Å². The normalized spacial score (nSPS) is 38.4. The second-order valence-corrected chi connectivity index (χ2v) is 8.80. The zero-order valence-electron chi connectivity index (χ0n) is 14.7. The molecule has 0 amide bonds. The van der Waals surface area contributed by atoms with Crippen LogP contribution in [-0.4, -0.2) is 49.6 Å². The molecule has 3 aliphatic heterocycles. The second kappa shape index (κ2) is 5.53. The molecule has 3 saturated heterocycles. The molecule has 2 aliphatic carbocycles. The molecule has 3 N–H and O–H groups in total. The van der Waals surface area contributed by atoms with E-state index in [0.29, 0.717) is 11.1 Å². The van der Waals surface area contributed by atoms with Crippen LogP contribution in [0.15, 0.2) is 18.2 Å². The molecule has 3 heterocycles. The lowest BCUT2D eigenvalue weighted by Crippen LogP contribution is -2.41. The van der Waals surface area contributed by atoms with Crippen molar-refractivity contribution in [3.63, 3.8) is 0 Å². The number of benzene rings is 1. The van der Waals surface area contributed by atoms with Gasteiger partial charge in [-0.3, -0.25) is 4.90 Å². The van der Waals surface area contributed by atoms with Crippen molar-refractivity contribution >= 4 is 11.9 Å². The Kier molecular flexibility index (Phi) is 3.50. The van der Waals surface area contributed by atoms with E-state index in [1.54, 1.807) is 0 Å². The zero-order chi connectivity index (χ0) is 17.1. The van der Waals surface area contributed by atoms with Gasteiger partial charge in [0.15, 0.2) is 0 Å². The quantitative estimate of drug-likeness (QED) is 0.590. The van der Waals surface area contributed by atoms with Crippen LogP contribution in [0.4, 0.5) is 5.69 Å². The molecule has 2 unspecified atom stereocenters. The number of hydrogen-bond donors (Lipinski definition) is 2. The van der Waals surface area contributed by atoms with Gasteiger partial charge in [0.05, 0.1) is 25.4 Å². The van der Waals surface area contributed by atoms with Crippen LogP contribution in [0.25, 0.3) is 0 Å². The Morgan fingerprint density at radius 1 is 1.32 bits per heavy atom. The zero-order valence-corrected chi connectivity index (χ0v) is 14.7. The summed E-state index contributed by atoms with van der Waals surface area (Å²) in [4.78, 5) is 2.53. The number of rotatable bonds is 7. The van der Waals surface area contributed by atoms with Crippen molar-refractivity contribution in [2.45, 2.75) is 31.4 Å². The molecular formula is C20H27N3O2. The van der Waals surface area contributed by atoms with Crippen molar-refractivity contribution in [2.24, 2.45) is 17.3 Å². The Hall–Kier alpha value is -1.43. The van der Waals surface area contributed by atoms with Crippen molar-refractivity contribution < 1.29 is 9.47 Å². The topological polar surface area (TPSA) is 71.6 Å². The Bertz CT molecular complexity index is 695. The highest BCUT2D eigenvalue weighted by Crippen LogP contribution is 2.58. The van der Waals surface area contributed by atoms with E-state index >= 15 is 0 Å². The Morgan fingerprint density at radius 3 is 2.96 bits per heavy atom. The molecule has 2 atom stereocenters. The molecule has 0 spiro atoms. The van der Waals surface area contributed by atoms with Gasteiger partial charge in [-0.1, -0.05) is 6.07 Å². The number of nitrogens with one attached hydrogen (secondary N) is 1. The van der Waals surface area contributed by atoms with E-state index in [1.165, 1.54) is 31.0 Å². The fraction of sp³-hybridized carbons (Fsp3) is 0.650. The summed E-state index contributed by atoms with van der Waals surface area (Å²) in [7, 11) is 0. The number of fused-ring (bicyclic) bond motifs is 2. The monoisotopic (exact) mass is 341 g/mol. The molecule has 5 heteroatoms. The molecule has 1 aromatic rings. The van der Waals surface area contributed by atoms with Crippen LogP contribution < -0.4 is 5.73 Å². The first-order valence-corrected chi connectivity index (χ1v) is 9.43. The lowest BCUT2D eigenvalue weighted by Gasteiger charge is -2.35. The van der Waals surface area contributed by atoms with Gasteiger partial charge in [0.2, 0.25) is 0 Å². The molecule has 6 rings (SSSR count). The number of anilines is 1. The Labute approximate surface area is 149 Å². The van der Waals surface area contributed by atoms with Crippen LogP contribution in [0.2, 0.25) is 0 Å². The van der Waals surface area contributed by atoms with Crippen LogP contribution in [0.3, 0.4) is 0 Å². The number of hydrogen-bond acceptors (Lipinski definition) is 5. The minimum atomic E-state index is 0.0805. The molecule has 5 aliphatic rings. The average Bonchev–Trinajstić information content (AvgIpc) is 2.94. The first kappa shape index (κ1) is 15.8. The minimum Gasteiger partial charge on any atom is -0.398 e. The molecule has 1 aromatic carbocycles. The second-order valence-electron chi connectivity index (χ2n) is 8.80. The maximum absolute atomic E-state index is 7.46. The summed E-state index contributed by atoms with van der Waals surface area (Å²) < 4.78 is 12.0. The third kappa shape index (κ3) is 2.69. The third-order valence-electron chi connectivity index (χ3n) is 6.79. The van der Waals surface area contributed by atoms with Crippen LogP contribution in [0.1, 0.15) is 30.4 Å². The van der Waals surface area contributed by atoms with Gasteiger partial charge in [-0.25, -0.2) is 0 Å². The van der Waals surface area contributed by atoms with E-state index < -0.39 is 0 Å². The summed E-state index contributed by atoms with van der Waals surface area (Å²) in [5, 5.41) is 7.46. The first-order valence-electron chi connectivity index (χ1n) is 9.43. The summed E-state index contributed by atoms with van der Waals surface area (Å²) in [6.45, 7) is 5.85. The summed E-state index contributed by atoms with van der Waals surface area (Å²) in [6, 6.07) is 6.04. The van der Waals surface area contributed by atoms with Gasteiger partial charge in [0.25, 0.3) is 0 Å². The van der Waals surface area contributed by atoms with Crippen molar-refractivity contribution in [1.29, 1.82) is 5.41 Å². The molecule has 5 fully saturated rings. The number of likely N-dealkylation sites (tertiary alicyclic amines) is 1. The molecular weight excluding hydrogens is 314 g/mol. The summed E-state index contributed by atoms with van der Waals surface area (Å²) >= 11 is 0. The minimum absolute atomic E-state index is 0.0805. The van der Waals surface area contributed by atoms with Crippen molar-refractivity contribution in [1.82, 2.24) is 4.90 Å². The summed E-state index contributed by atoms with van der Waals surface area (Å²) in [6.07, 6.45) is 5.07. The lowest BCUT2D eigenvalue weighted by atomic mass is 9.75. The molecule has 2 bridgehead atoms. The number of piperidine rings is 1. The van der Waals surface area contributed by atoms with E-state index in [-0.39, 0.29) is 5.60 Å². The van der Waals surface area contributed by atoms with Crippen LogP contribution in [0.5, 0.6) is 0 Å². The predicted octanol–water partition coefficient (Wildman–Crippen LogP) is 2.28. The maximum Gasteiger partial charge on any atom is 0.0921 e. The van der Waals surface area contributed by atoms with Crippen LogP contribution in [0, 0.1) is 22.7 Å². The molecule has 0 radical (unpaired) electrons. The van der Waals surface area contributed by atoms with Gasteiger partial charge in [0.1, 0.15) is 0 Å². The fourth-order valence-electron chi connectivity index (χ4n) is 5.28. The Balaban J connectivity index is 1.14. The maximum atomic E-state index is 7.46. The molecule has 134 valence electrons. The predicted molar refractivity (Wildman–Crippen MR) is 96.8 cm³/mol. The van der Waals surface area contributed by atoms with Gasteiger partial charge < -0.3 is 20.6 Å². The molecule has 2 saturated carbocycles. The fourth-order valence-corrected chi connectivity index (χ4v) is 5.28. The van der Waals surface area contributed by atoms with Crippen molar-refractivity contribution in [3.8, 4) is 0 Å². The smallest absolute Gasteiger partial charge is 0.0921 e. The Morgan fingerprint density at radius 2 is 2.20 bits per heavy atom. The van der Waals surface area contributed by atoms with Gasteiger partial charge >= 0.3 is 0 Å². The average molecular weight is 341 g/mol. The highest BCUT2D eigenvalue weighted by molar-refractivity contribution is 5.85. The number of ether oxygens (including phenoxy) is 2. The van der Waals surface area contributed by atoms with Crippen molar-refractivity contribution in [3.05, 3.63) is 29.3 Å². The van der Waals surface area contributed by atoms with Gasteiger partial charge in [-0.15, -0.1) is 0 Å². The van der Waals surface area contributed by atoms with Gasteiger partial charge in [0, 0.05) is 42.5 Å². The SMILES string of the molecule is N=Cc1cc(CN2CC3CC3(COCC34CC(CO3)C4)C2)ccc1N. The lowest BCUT2D eigenvalue weighted by molar-refractivity contribution is -0.0786. The van der Waals surface area contributed by atoms with E-state index in [9.17, 15) is 0 Å². The molecule has 25 heavy (non-hydrogen) atoms. The summed E-state index contributed by atoms with van der Waals surface area (Å²) in [5.74, 6) is 1.60. The highest BCUT2D eigenvalue weighted by atomic mass is 16.6. The van der Waals surface area contributed by atoms with Crippen LogP contribution >= 0.6 is 0 Å². The van der Waals surface area contributed by atoms with Gasteiger partial charge in [-0.05, 0) is 48.8 Å². The standard InChI is InChI=1S/C20H27N3O2/c21-7-16-3-14(1-2-18(16)22)8-23-9-17-6-19(17,11-23)12-24-13-20-4-15(5-20)10-25-20/h1-3,7,15,17,21H,4-6,8-13,22H2.